The normalized spacial score (nSPS) is 11.3. The van der Waals surface area contributed by atoms with Crippen LogP contribution >= 0.6 is 23.2 Å². The van der Waals surface area contributed by atoms with Crippen LogP contribution in [-0.4, -0.2) is 86.1 Å². The molecular formula is C30H38Cl2N4O8. The predicted octanol–water partition coefficient (Wildman–Crippen LogP) is 2.88. The van der Waals surface area contributed by atoms with Gasteiger partial charge in [0.2, 0.25) is 6.41 Å². The number of nitrogens with zero attached hydrogens (tertiary/aromatic N) is 2. The van der Waals surface area contributed by atoms with Gasteiger partial charge < -0.3 is 35.1 Å². The first-order valence-corrected chi connectivity index (χ1v) is 14.5. The fraction of sp³-hybridized carbons (Fsp3) is 0.400. The van der Waals surface area contributed by atoms with Crippen LogP contribution in [-0.2, 0) is 37.3 Å². The Morgan fingerprint density at radius 2 is 1.57 bits per heavy atom. The van der Waals surface area contributed by atoms with Gasteiger partial charge in [0.05, 0.1) is 51.4 Å². The monoisotopic (exact) mass is 652 g/mol. The summed E-state index contributed by atoms with van der Waals surface area (Å²) in [6.07, 6.45) is 1.92. The summed E-state index contributed by atoms with van der Waals surface area (Å²) in [5.74, 6) is -0.825. The minimum atomic E-state index is -1.13. The molecular weight excluding hydrogens is 615 g/mol. The molecule has 1 heterocycles. The van der Waals surface area contributed by atoms with Gasteiger partial charge in [0, 0.05) is 30.1 Å². The number of carboxylic acid groups (broad SMARTS) is 1. The summed E-state index contributed by atoms with van der Waals surface area (Å²) < 4.78 is 23.0. The highest BCUT2D eigenvalue weighted by molar-refractivity contribution is 6.35. The van der Waals surface area contributed by atoms with Crippen molar-refractivity contribution < 1.29 is 33.6 Å². The summed E-state index contributed by atoms with van der Waals surface area (Å²) in [6.45, 7) is 5.13. The molecule has 0 bridgehead atoms. The van der Waals surface area contributed by atoms with Crippen LogP contribution in [0.3, 0.4) is 0 Å². The summed E-state index contributed by atoms with van der Waals surface area (Å²) in [6, 6.07) is 11.2. The van der Waals surface area contributed by atoms with Crippen molar-refractivity contribution in [2.75, 3.05) is 52.8 Å². The number of aliphatic carboxylic acids is 1. The first-order chi connectivity index (χ1) is 21.2. The highest BCUT2D eigenvalue weighted by Gasteiger charge is 2.18. The first-order valence-electron chi connectivity index (χ1n) is 13.7. The van der Waals surface area contributed by atoms with Crippen molar-refractivity contribution >= 4 is 35.6 Å². The number of carbonyl (C=O) groups excluding carboxylic acids is 1. The lowest BCUT2D eigenvalue weighted by atomic mass is 10.0. The molecule has 0 aliphatic carbocycles. The van der Waals surface area contributed by atoms with E-state index in [0.29, 0.717) is 75.0 Å². The minimum Gasteiger partial charge on any atom is -0.489 e. The maximum absolute atomic E-state index is 12.8. The summed E-state index contributed by atoms with van der Waals surface area (Å²) in [4.78, 5) is 34.6. The van der Waals surface area contributed by atoms with E-state index in [9.17, 15) is 19.5 Å². The summed E-state index contributed by atoms with van der Waals surface area (Å²) in [5.41, 5.74) is 7.54. The van der Waals surface area contributed by atoms with E-state index in [2.05, 4.69) is 10.4 Å². The van der Waals surface area contributed by atoms with E-state index in [4.69, 9.17) is 47.9 Å². The van der Waals surface area contributed by atoms with Gasteiger partial charge in [-0.1, -0.05) is 53.5 Å². The van der Waals surface area contributed by atoms with Crippen LogP contribution in [0.15, 0.2) is 53.5 Å². The number of aromatic nitrogens is 2. The Bertz CT molecular complexity index is 1350. The summed E-state index contributed by atoms with van der Waals surface area (Å²) in [5, 5.41) is 16.9. The van der Waals surface area contributed by atoms with Gasteiger partial charge >= 0.3 is 5.97 Å². The zero-order valence-corrected chi connectivity index (χ0v) is 26.2. The van der Waals surface area contributed by atoms with Gasteiger partial charge in [0.25, 0.3) is 5.56 Å². The molecule has 1 unspecified atom stereocenters. The number of benzene rings is 2. The van der Waals surface area contributed by atoms with Crippen molar-refractivity contribution in [1.82, 2.24) is 15.1 Å². The van der Waals surface area contributed by atoms with E-state index in [1.165, 1.54) is 17.9 Å². The number of ether oxygens (including phenoxy) is 4. The maximum Gasteiger partial charge on any atom is 0.326 e. The fourth-order valence-electron chi connectivity index (χ4n) is 3.66. The van der Waals surface area contributed by atoms with Crippen molar-refractivity contribution in [3.8, 4) is 16.9 Å². The number of rotatable bonds is 18. The van der Waals surface area contributed by atoms with E-state index < -0.39 is 12.0 Å². The minimum absolute atomic E-state index is 0.105. The average Bonchev–Trinajstić information content (AvgIpc) is 3.01. The molecule has 1 amide bonds. The van der Waals surface area contributed by atoms with Gasteiger partial charge in [0.15, 0.2) is 5.75 Å². The Kier molecular flexibility index (Phi) is 17.0. The molecule has 0 saturated carbocycles. The Balaban J connectivity index is 0.000000639. The van der Waals surface area contributed by atoms with Gasteiger partial charge in [-0.05, 0) is 35.7 Å². The zero-order chi connectivity index (χ0) is 32.3. The molecule has 2 aromatic carbocycles. The van der Waals surface area contributed by atoms with E-state index in [-0.39, 0.29) is 18.6 Å². The lowest BCUT2D eigenvalue weighted by Gasteiger charge is -2.14. The predicted molar refractivity (Wildman–Crippen MR) is 167 cm³/mol. The van der Waals surface area contributed by atoms with Gasteiger partial charge in [0.1, 0.15) is 12.6 Å². The molecule has 1 aromatic heterocycles. The van der Waals surface area contributed by atoms with E-state index in [1.54, 1.807) is 24.3 Å². The van der Waals surface area contributed by atoms with E-state index >= 15 is 0 Å². The Morgan fingerprint density at radius 3 is 2.09 bits per heavy atom. The van der Waals surface area contributed by atoms with Crippen LogP contribution in [0.4, 0.5) is 0 Å². The molecule has 12 nitrogen and oxygen atoms in total. The summed E-state index contributed by atoms with van der Waals surface area (Å²) >= 11 is 11.5. The Morgan fingerprint density at radius 1 is 1.00 bits per heavy atom. The van der Waals surface area contributed by atoms with Gasteiger partial charge in [-0.15, -0.1) is 0 Å². The molecule has 0 saturated heterocycles. The Hall–Kier alpha value is -3.52. The smallest absolute Gasteiger partial charge is 0.326 e. The molecule has 14 heteroatoms. The molecule has 0 aliphatic heterocycles. The molecule has 3 aromatic rings. The van der Waals surface area contributed by atoms with E-state index in [0.717, 1.165) is 15.6 Å². The van der Waals surface area contributed by atoms with Crippen LogP contribution in [0.5, 0.6) is 5.75 Å². The number of hydrogen-bond donors (Lipinski definition) is 3. The van der Waals surface area contributed by atoms with E-state index in [1.807, 2.05) is 25.1 Å². The highest BCUT2D eigenvalue weighted by atomic mass is 35.5. The SMILES string of the molecule is Cc1c(Cl)cccc1Cl.Cn1ncc(OCCOCCOCCOCCN)c(-c2ccc(CC(NC=O)C(=O)O)cc2)c1=O. The van der Waals surface area contributed by atoms with Crippen molar-refractivity contribution in [2.45, 2.75) is 19.4 Å². The highest BCUT2D eigenvalue weighted by Crippen LogP contribution is 2.26. The van der Waals surface area contributed by atoms with Crippen molar-refractivity contribution in [3.05, 3.63) is 80.2 Å². The molecule has 0 radical (unpaired) electrons. The molecule has 0 aliphatic rings. The number of carboxylic acids is 1. The molecule has 0 fully saturated rings. The summed E-state index contributed by atoms with van der Waals surface area (Å²) in [7, 11) is 1.54. The lowest BCUT2D eigenvalue weighted by molar-refractivity contribution is -0.140. The van der Waals surface area contributed by atoms with Crippen LogP contribution in [0, 0.1) is 6.92 Å². The molecule has 3 rings (SSSR count). The fourth-order valence-corrected chi connectivity index (χ4v) is 4.06. The lowest BCUT2D eigenvalue weighted by Crippen LogP contribution is -2.37. The number of aryl methyl sites for hydroxylation is 1. The first kappa shape index (κ1) is 36.7. The third-order valence-electron chi connectivity index (χ3n) is 6.05. The van der Waals surface area contributed by atoms with Crippen molar-refractivity contribution in [2.24, 2.45) is 12.8 Å². The van der Waals surface area contributed by atoms with Crippen LogP contribution in [0.2, 0.25) is 10.0 Å². The van der Waals surface area contributed by atoms with Crippen molar-refractivity contribution in [3.63, 3.8) is 0 Å². The van der Waals surface area contributed by atoms with Crippen LogP contribution in [0.1, 0.15) is 11.1 Å². The Labute approximate surface area is 266 Å². The third kappa shape index (κ3) is 12.6. The second-order valence-corrected chi connectivity index (χ2v) is 10.0. The van der Waals surface area contributed by atoms with Crippen LogP contribution < -0.4 is 21.3 Å². The quantitative estimate of drug-likeness (QED) is 0.137. The maximum atomic E-state index is 12.8. The molecule has 240 valence electrons. The zero-order valence-electron chi connectivity index (χ0n) is 24.7. The van der Waals surface area contributed by atoms with Crippen molar-refractivity contribution in [1.29, 1.82) is 0 Å². The topological polar surface area (TPSA) is 164 Å². The number of nitrogens with one attached hydrogen (secondary N) is 1. The molecule has 4 N–H and O–H groups in total. The van der Waals surface area contributed by atoms with Gasteiger partial charge in [-0.2, -0.15) is 5.10 Å². The average molecular weight is 654 g/mol. The third-order valence-corrected chi connectivity index (χ3v) is 6.86. The second-order valence-electron chi connectivity index (χ2n) is 9.21. The molecule has 1 atom stereocenters. The second kappa shape index (κ2) is 20.4. The number of carbonyl (C=O) groups is 2. The number of amides is 1. The molecule has 44 heavy (non-hydrogen) atoms. The largest absolute Gasteiger partial charge is 0.489 e. The molecule has 0 spiro atoms. The standard InChI is InChI=1S/C23H32N4O8.C7H6Cl2/c1-27-22(29)21(18-4-2-17(3-5-18)14-19(23(30)31)25-16-28)20(15-26-27)35-13-12-34-11-10-33-9-8-32-7-6-24;1-5-6(8)3-2-4-7(5)9/h2-5,15-16,19H,6-14,24H2,1H3,(H,25,28)(H,30,31);2-4H,1H3. The number of nitrogens with two attached hydrogens (primary N) is 1. The van der Waals surface area contributed by atoms with Gasteiger partial charge in [-0.3, -0.25) is 9.59 Å². The van der Waals surface area contributed by atoms with Gasteiger partial charge in [-0.25, -0.2) is 9.48 Å². The van der Waals surface area contributed by atoms with Crippen LogP contribution in [0.25, 0.3) is 11.1 Å². The number of halogens is 2. The number of hydrogen-bond acceptors (Lipinski definition) is 9.